The number of benzene rings is 2. The Bertz CT molecular complexity index is 1140. The number of likely N-dealkylation sites (tertiary alicyclic amines) is 1. The van der Waals surface area contributed by atoms with E-state index in [1.807, 2.05) is 37.3 Å². The van der Waals surface area contributed by atoms with E-state index in [4.69, 9.17) is 4.74 Å². The number of hydrogen-bond acceptors (Lipinski definition) is 3. The zero-order valence-electron chi connectivity index (χ0n) is 19.8. The van der Waals surface area contributed by atoms with Gasteiger partial charge in [0.05, 0.1) is 11.6 Å². The van der Waals surface area contributed by atoms with Gasteiger partial charge in [0.1, 0.15) is 11.4 Å². The minimum absolute atomic E-state index is 0.00723. The van der Waals surface area contributed by atoms with Crippen molar-refractivity contribution in [3.63, 3.8) is 0 Å². The summed E-state index contributed by atoms with van der Waals surface area (Å²) in [4.78, 5) is 15.9. The third kappa shape index (κ3) is 4.30. The van der Waals surface area contributed by atoms with Crippen LogP contribution in [0.25, 0.3) is 0 Å². The lowest BCUT2D eigenvalue weighted by molar-refractivity contribution is -0.0195. The van der Waals surface area contributed by atoms with Gasteiger partial charge in [0.2, 0.25) is 0 Å². The lowest BCUT2D eigenvalue weighted by atomic mass is 9.80. The molecule has 1 spiro atoms. The molecule has 5 nitrogen and oxygen atoms in total. The predicted octanol–water partition coefficient (Wildman–Crippen LogP) is 4.87. The van der Waals surface area contributed by atoms with Crippen molar-refractivity contribution in [3.8, 4) is 5.75 Å². The van der Waals surface area contributed by atoms with Gasteiger partial charge >= 0.3 is 0 Å². The minimum Gasteiger partial charge on any atom is -0.487 e. The molecule has 1 N–H and O–H groups in total. The highest BCUT2D eigenvalue weighted by Gasteiger charge is 2.43. The van der Waals surface area contributed by atoms with Crippen LogP contribution in [0.5, 0.6) is 5.75 Å². The Balaban J connectivity index is 1.39. The number of nitrogens with zero attached hydrogens (tertiary/aromatic N) is 2. The first-order valence-corrected chi connectivity index (χ1v) is 11.9. The zero-order valence-corrected chi connectivity index (χ0v) is 19.8. The van der Waals surface area contributed by atoms with Crippen molar-refractivity contribution < 1.29 is 9.53 Å². The van der Waals surface area contributed by atoms with E-state index in [9.17, 15) is 4.79 Å². The van der Waals surface area contributed by atoms with Crippen molar-refractivity contribution in [2.24, 2.45) is 0 Å². The van der Waals surface area contributed by atoms with Crippen LogP contribution in [0.3, 0.4) is 0 Å². The number of rotatable bonds is 4. The molecule has 33 heavy (non-hydrogen) atoms. The Kier molecular flexibility index (Phi) is 5.75. The number of nitrogens with one attached hydrogen (secondary N) is 1. The van der Waals surface area contributed by atoms with Gasteiger partial charge in [0.25, 0.3) is 5.91 Å². The molecule has 172 valence electrons. The standard InChI is InChI=1S/C28H33N3O2/c1-20-17-24(21(2)31(20)19-22-9-5-4-6-10-22)27(32)29-25-18-28(13-15-30(3)16-14-28)33-26-12-8-7-11-23(25)26/h4-12,17,25H,13-16,18-19H2,1-3H3,(H,29,32). The Morgan fingerprint density at radius 3 is 2.52 bits per heavy atom. The molecule has 2 aromatic carbocycles. The fraction of sp³-hybridized carbons (Fsp3) is 0.393. The largest absolute Gasteiger partial charge is 0.487 e. The van der Waals surface area contributed by atoms with Crippen LogP contribution in [0, 0.1) is 13.8 Å². The van der Waals surface area contributed by atoms with Crippen molar-refractivity contribution >= 4 is 5.91 Å². The van der Waals surface area contributed by atoms with Gasteiger partial charge in [-0.15, -0.1) is 0 Å². The van der Waals surface area contributed by atoms with Gasteiger partial charge in [-0.1, -0.05) is 48.5 Å². The molecule has 5 rings (SSSR count). The number of carbonyl (C=O) groups is 1. The number of aryl methyl sites for hydroxylation is 1. The summed E-state index contributed by atoms with van der Waals surface area (Å²) in [6.07, 6.45) is 2.78. The molecule has 1 amide bonds. The first kappa shape index (κ1) is 21.8. The molecule has 0 bridgehead atoms. The van der Waals surface area contributed by atoms with Gasteiger partial charge in [-0.3, -0.25) is 4.79 Å². The number of fused-ring (bicyclic) bond motifs is 1. The van der Waals surface area contributed by atoms with E-state index in [-0.39, 0.29) is 17.6 Å². The van der Waals surface area contributed by atoms with Crippen LogP contribution in [-0.2, 0) is 6.54 Å². The van der Waals surface area contributed by atoms with Crippen LogP contribution in [-0.4, -0.2) is 41.1 Å². The second kappa shape index (κ2) is 8.71. The molecule has 0 aliphatic carbocycles. The van der Waals surface area contributed by atoms with Gasteiger partial charge in [0.15, 0.2) is 0 Å². The normalized spacial score (nSPS) is 19.7. The van der Waals surface area contributed by atoms with Crippen LogP contribution in [0.1, 0.15) is 58.2 Å². The lowest BCUT2D eigenvalue weighted by Crippen LogP contribution is -2.51. The number of ether oxygens (including phenoxy) is 1. The van der Waals surface area contributed by atoms with Crippen molar-refractivity contribution in [3.05, 3.63) is 88.7 Å². The molecule has 1 unspecified atom stereocenters. The molecule has 2 aliphatic heterocycles. The summed E-state index contributed by atoms with van der Waals surface area (Å²) in [6, 6.07) is 20.5. The molecule has 1 atom stereocenters. The van der Waals surface area contributed by atoms with Crippen LogP contribution in [0.15, 0.2) is 60.7 Å². The lowest BCUT2D eigenvalue weighted by Gasteiger charge is -2.46. The molecular formula is C28H33N3O2. The molecule has 2 aliphatic rings. The van der Waals surface area contributed by atoms with Crippen LogP contribution in [0.2, 0.25) is 0 Å². The van der Waals surface area contributed by atoms with Crippen LogP contribution in [0.4, 0.5) is 0 Å². The van der Waals surface area contributed by atoms with E-state index in [0.717, 1.165) is 67.2 Å². The molecule has 1 saturated heterocycles. The van der Waals surface area contributed by atoms with E-state index < -0.39 is 0 Å². The highest BCUT2D eigenvalue weighted by atomic mass is 16.5. The van der Waals surface area contributed by atoms with E-state index in [1.165, 1.54) is 5.56 Å². The number of amides is 1. The third-order valence-electron chi connectivity index (χ3n) is 7.40. The first-order valence-electron chi connectivity index (χ1n) is 11.9. The highest BCUT2D eigenvalue weighted by Crippen LogP contribution is 2.44. The maximum absolute atomic E-state index is 13.5. The average molecular weight is 444 g/mol. The Hall–Kier alpha value is -3.05. The third-order valence-corrected chi connectivity index (χ3v) is 7.40. The summed E-state index contributed by atoms with van der Waals surface area (Å²) >= 11 is 0. The second-order valence-electron chi connectivity index (χ2n) is 9.71. The molecular weight excluding hydrogens is 410 g/mol. The van der Waals surface area contributed by atoms with Crippen molar-refractivity contribution in [2.45, 2.75) is 51.3 Å². The quantitative estimate of drug-likeness (QED) is 0.626. The highest BCUT2D eigenvalue weighted by molar-refractivity contribution is 5.96. The van der Waals surface area contributed by atoms with E-state index in [1.54, 1.807) is 0 Å². The van der Waals surface area contributed by atoms with Gasteiger partial charge in [-0.05, 0) is 51.4 Å². The van der Waals surface area contributed by atoms with Crippen LogP contribution >= 0.6 is 0 Å². The summed E-state index contributed by atoms with van der Waals surface area (Å²) in [5.41, 5.74) is 4.96. The fourth-order valence-corrected chi connectivity index (χ4v) is 5.36. The minimum atomic E-state index is -0.205. The maximum atomic E-state index is 13.5. The summed E-state index contributed by atoms with van der Waals surface area (Å²) in [7, 11) is 2.16. The van der Waals surface area contributed by atoms with E-state index in [0.29, 0.717) is 0 Å². The topological polar surface area (TPSA) is 46.5 Å². The van der Waals surface area contributed by atoms with Gasteiger partial charge < -0.3 is 19.5 Å². The number of aromatic nitrogens is 1. The Morgan fingerprint density at radius 1 is 1.06 bits per heavy atom. The molecule has 3 heterocycles. The molecule has 0 radical (unpaired) electrons. The Labute approximate surface area is 196 Å². The smallest absolute Gasteiger partial charge is 0.253 e. The molecule has 3 aromatic rings. The number of carbonyl (C=O) groups excluding carboxylic acids is 1. The van der Waals surface area contributed by atoms with E-state index in [2.05, 4.69) is 59.1 Å². The van der Waals surface area contributed by atoms with Crippen molar-refractivity contribution in [2.75, 3.05) is 20.1 Å². The molecule has 0 saturated carbocycles. The number of para-hydroxylation sites is 1. The van der Waals surface area contributed by atoms with Gasteiger partial charge in [-0.25, -0.2) is 0 Å². The summed E-state index contributed by atoms with van der Waals surface area (Å²) < 4.78 is 8.78. The number of hydrogen-bond donors (Lipinski definition) is 1. The first-order chi connectivity index (χ1) is 15.9. The van der Waals surface area contributed by atoms with Gasteiger partial charge in [-0.2, -0.15) is 0 Å². The summed E-state index contributed by atoms with van der Waals surface area (Å²) in [5, 5.41) is 3.37. The van der Waals surface area contributed by atoms with Crippen molar-refractivity contribution in [1.29, 1.82) is 0 Å². The summed E-state index contributed by atoms with van der Waals surface area (Å²) in [5.74, 6) is 0.903. The zero-order chi connectivity index (χ0) is 23.0. The van der Waals surface area contributed by atoms with E-state index >= 15 is 0 Å². The fourth-order valence-electron chi connectivity index (χ4n) is 5.36. The van der Waals surface area contributed by atoms with Crippen molar-refractivity contribution in [1.82, 2.24) is 14.8 Å². The molecule has 1 fully saturated rings. The Morgan fingerprint density at radius 2 is 1.76 bits per heavy atom. The maximum Gasteiger partial charge on any atom is 0.253 e. The monoisotopic (exact) mass is 443 g/mol. The summed E-state index contributed by atoms with van der Waals surface area (Å²) in [6.45, 7) is 6.92. The van der Waals surface area contributed by atoms with Crippen LogP contribution < -0.4 is 10.1 Å². The molecule has 5 heteroatoms. The molecule has 1 aromatic heterocycles. The second-order valence-corrected chi connectivity index (χ2v) is 9.71. The SMILES string of the molecule is Cc1cc(C(=O)NC2CC3(CCN(C)CC3)Oc3ccccc32)c(C)n1Cc1ccccc1. The predicted molar refractivity (Wildman–Crippen MR) is 131 cm³/mol. The van der Waals surface area contributed by atoms with Gasteiger partial charge in [0, 0.05) is 43.0 Å². The average Bonchev–Trinajstić information content (AvgIpc) is 3.10. The number of piperidine rings is 1.